The fraction of sp³-hybridized carbons (Fsp3) is 0.630. The van der Waals surface area contributed by atoms with E-state index in [1.165, 1.54) is 24.3 Å². The van der Waals surface area contributed by atoms with Crippen LogP contribution in [0.25, 0.3) is 0 Å². The van der Waals surface area contributed by atoms with Crippen LogP contribution in [0, 0.1) is 23.2 Å². The molecule has 0 bridgehead atoms. The third-order valence-corrected chi connectivity index (χ3v) is 12.0. The highest BCUT2D eigenvalue weighted by atomic mass is 32.2. The molecule has 11 nitrogen and oxygen atoms in total. The molecular weight excluding hydrogens is 530 g/mol. The van der Waals surface area contributed by atoms with E-state index < -0.39 is 74.3 Å². The van der Waals surface area contributed by atoms with Crippen LogP contribution in [-0.2, 0) is 28.6 Å². The molecule has 9 atom stereocenters. The number of hydrogen-bond acceptors (Lipinski definition) is 10. The summed E-state index contributed by atoms with van der Waals surface area (Å²) in [5.41, 5.74) is 0.971. The summed E-state index contributed by atoms with van der Waals surface area (Å²) in [5.74, 6) is -2.82. The number of aliphatic hydroxyl groups is 3. The number of fused-ring (bicyclic) bond motifs is 2. The number of ether oxygens (including phenoxy) is 2. The Morgan fingerprint density at radius 2 is 1.90 bits per heavy atom. The second-order valence-electron chi connectivity index (χ2n) is 12.3. The van der Waals surface area contributed by atoms with Crippen LogP contribution >= 0.6 is 0 Å². The van der Waals surface area contributed by atoms with Crippen LogP contribution in [0.4, 0.5) is 0 Å². The highest BCUT2D eigenvalue weighted by molar-refractivity contribution is 7.86. The van der Waals surface area contributed by atoms with Gasteiger partial charge in [0.25, 0.3) is 10.1 Å². The monoisotopic (exact) mass is 561 g/mol. The molecule has 0 radical (unpaired) electrons. The summed E-state index contributed by atoms with van der Waals surface area (Å²) < 4.78 is 44.3. The minimum Gasteiger partial charge on any atom is -0.458 e. The summed E-state index contributed by atoms with van der Waals surface area (Å²) >= 11 is 0. The van der Waals surface area contributed by atoms with Crippen LogP contribution in [0.5, 0.6) is 0 Å². The summed E-state index contributed by atoms with van der Waals surface area (Å²) in [7, 11) is -4.47. The zero-order valence-corrected chi connectivity index (χ0v) is 22.3. The number of nitrogens with two attached hydrogens (primary N) is 1. The van der Waals surface area contributed by atoms with Crippen LogP contribution in [-0.4, -0.2) is 77.3 Å². The first-order valence-electron chi connectivity index (χ1n) is 13.3. The number of carbonyl (C=O) groups is 2. The van der Waals surface area contributed by atoms with Gasteiger partial charge in [-0.1, -0.05) is 13.8 Å². The minimum absolute atomic E-state index is 0.0930. The van der Waals surface area contributed by atoms with E-state index in [9.17, 15) is 33.3 Å². The molecule has 7 rings (SSSR count). The van der Waals surface area contributed by atoms with Crippen molar-refractivity contribution in [2.45, 2.75) is 79.5 Å². The molecule has 1 amide bonds. The minimum atomic E-state index is -4.47. The van der Waals surface area contributed by atoms with E-state index in [0.717, 1.165) is 5.57 Å². The topological polar surface area (TPSA) is 186 Å². The Kier molecular flexibility index (Phi) is 4.91. The van der Waals surface area contributed by atoms with Crippen LogP contribution < -0.4 is 5.73 Å². The van der Waals surface area contributed by atoms with Gasteiger partial charge in [0.15, 0.2) is 0 Å². The van der Waals surface area contributed by atoms with Crippen LogP contribution in [0.2, 0.25) is 0 Å². The lowest BCUT2D eigenvalue weighted by molar-refractivity contribution is -0.253. The largest absolute Gasteiger partial charge is 0.458 e. The average Bonchev–Trinajstić information content (AvgIpc) is 3.78. The number of benzene rings is 1. The SMILES string of the molecule is CC(C)C1(O)C(OS(=O)(=O)c2ccc(C(N)=O)cc2)C2CC23C2(O)CCC4=C(COC4=O)C2CC2OC23C1O. The van der Waals surface area contributed by atoms with Gasteiger partial charge in [0.05, 0.1) is 16.6 Å². The van der Waals surface area contributed by atoms with E-state index in [4.69, 9.17) is 19.4 Å². The Hall–Kier alpha value is -2.35. The van der Waals surface area contributed by atoms with Gasteiger partial charge in [0, 0.05) is 28.4 Å². The Morgan fingerprint density at radius 1 is 1.21 bits per heavy atom. The normalized spacial score (nSPS) is 45.5. The first-order valence-corrected chi connectivity index (χ1v) is 14.7. The third-order valence-electron chi connectivity index (χ3n) is 10.7. The van der Waals surface area contributed by atoms with Gasteiger partial charge >= 0.3 is 5.97 Å². The van der Waals surface area contributed by atoms with Crippen molar-refractivity contribution in [1.29, 1.82) is 0 Å². The van der Waals surface area contributed by atoms with E-state index in [1.807, 2.05) is 0 Å². The summed E-state index contributed by atoms with van der Waals surface area (Å²) in [6, 6.07) is 4.94. The maximum Gasteiger partial charge on any atom is 0.334 e. The van der Waals surface area contributed by atoms with E-state index in [2.05, 4.69) is 0 Å². The molecule has 4 aliphatic carbocycles. The van der Waals surface area contributed by atoms with Crippen molar-refractivity contribution in [2.24, 2.45) is 28.9 Å². The Labute approximate surface area is 225 Å². The zero-order valence-electron chi connectivity index (χ0n) is 21.5. The lowest BCUT2D eigenvalue weighted by atomic mass is 9.49. The molecule has 39 heavy (non-hydrogen) atoms. The fourth-order valence-electron chi connectivity index (χ4n) is 8.71. The molecule has 1 aromatic rings. The number of esters is 1. The summed E-state index contributed by atoms with van der Waals surface area (Å²) in [6.07, 6.45) is -2.23. The molecule has 1 aromatic carbocycles. The smallest absolute Gasteiger partial charge is 0.334 e. The maximum absolute atomic E-state index is 13.5. The molecule has 4 fully saturated rings. The van der Waals surface area contributed by atoms with E-state index in [-0.39, 0.29) is 35.9 Å². The van der Waals surface area contributed by atoms with Crippen molar-refractivity contribution in [2.75, 3.05) is 6.61 Å². The third kappa shape index (κ3) is 2.82. The van der Waals surface area contributed by atoms with Crippen molar-refractivity contribution in [3.63, 3.8) is 0 Å². The van der Waals surface area contributed by atoms with E-state index >= 15 is 0 Å². The van der Waals surface area contributed by atoms with Gasteiger partial charge in [-0.25, -0.2) is 4.79 Å². The van der Waals surface area contributed by atoms with E-state index in [1.54, 1.807) is 13.8 Å². The van der Waals surface area contributed by atoms with Crippen molar-refractivity contribution in [1.82, 2.24) is 0 Å². The molecule has 9 unspecified atom stereocenters. The number of aliphatic hydroxyl groups excluding tert-OH is 1. The maximum atomic E-state index is 13.5. The predicted octanol–water partition coefficient (Wildman–Crippen LogP) is 0.163. The molecule has 5 N–H and O–H groups in total. The summed E-state index contributed by atoms with van der Waals surface area (Å²) in [6.45, 7) is 3.45. The molecule has 12 heteroatoms. The van der Waals surface area contributed by atoms with E-state index in [0.29, 0.717) is 18.4 Å². The molecule has 0 aromatic heterocycles. The number of rotatable bonds is 5. The number of amides is 1. The number of cyclic esters (lactones) is 1. The van der Waals surface area contributed by atoms with Gasteiger partial charge in [-0.3, -0.25) is 8.98 Å². The van der Waals surface area contributed by atoms with Gasteiger partial charge in [-0.05, 0) is 61.4 Å². The number of hydrogen-bond donors (Lipinski definition) is 4. The Bertz CT molecular complexity index is 1450. The molecule has 2 heterocycles. The summed E-state index contributed by atoms with van der Waals surface area (Å²) in [4.78, 5) is 23.5. The average molecular weight is 562 g/mol. The van der Waals surface area contributed by atoms with Crippen molar-refractivity contribution in [3.8, 4) is 0 Å². The second kappa shape index (κ2) is 7.48. The molecule has 2 spiro atoms. The molecule has 3 saturated carbocycles. The number of epoxide rings is 1. The van der Waals surface area contributed by atoms with Gasteiger partial charge in [-0.15, -0.1) is 0 Å². The van der Waals surface area contributed by atoms with Crippen LogP contribution in [0.1, 0.15) is 49.9 Å². The van der Waals surface area contributed by atoms with Crippen LogP contribution in [0.3, 0.4) is 0 Å². The van der Waals surface area contributed by atoms with Crippen molar-refractivity contribution in [3.05, 3.63) is 41.0 Å². The summed E-state index contributed by atoms with van der Waals surface area (Å²) in [5, 5.41) is 36.3. The highest BCUT2D eigenvalue weighted by Gasteiger charge is 2.95. The Balaban J connectivity index is 1.31. The lowest BCUT2D eigenvalue weighted by Gasteiger charge is -2.58. The molecule has 6 aliphatic rings. The predicted molar refractivity (Wildman–Crippen MR) is 131 cm³/mol. The van der Waals surface area contributed by atoms with Crippen molar-refractivity contribution >= 4 is 22.0 Å². The zero-order chi connectivity index (χ0) is 27.9. The quantitative estimate of drug-likeness (QED) is 0.219. The van der Waals surface area contributed by atoms with Crippen molar-refractivity contribution < 1.29 is 47.0 Å². The van der Waals surface area contributed by atoms with Gasteiger partial charge in [0.1, 0.15) is 30.0 Å². The molecule has 210 valence electrons. The number of primary amides is 1. The van der Waals surface area contributed by atoms with Gasteiger partial charge in [0.2, 0.25) is 5.91 Å². The molecule has 2 aliphatic heterocycles. The Morgan fingerprint density at radius 3 is 2.54 bits per heavy atom. The first kappa shape index (κ1) is 25.6. The standard InChI is InChI=1S/C27H31NO10S/c1-12(2)26(33)20(38-39(34,35)14-5-3-13(4-6-14)21(28)29)18-10-24(18)25(32)8-7-15-16(11-36-22(15)30)17(25)9-19-27(24,37-19)23(26)31/h3-6,12,17-20,23,31-33H,7-11H2,1-2H3,(H2,28,29). The van der Waals surface area contributed by atoms with Crippen LogP contribution in [0.15, 0.2) is 40.3 Å². The second-order valence-corrected chi connectivity index (χ2v) is 13.9. The first-order chi connectivity index (χ1) is 18.3. The highest BCUT2D eigenvalue weighted by Crippen LogP contribution is 2.84. The lowest BCUT2D eigenvalue weighted by Crippen LogP contribution is -2.75. The van der Waals surface area contributed by atoms with Gasteiger partial charge in [-0.2, -0.15) is 8.42 Å². The van der Waals surface area contributed by atoms with Gasteiger partial charge < -0.3 is 30.5 Å². The fourth-order valence-corrected chi connectivity index (χ4v) is 9.86. The molecule has 1 saturated heterocycles. The molecular formula is C27H31NO10S. The number of carbonyl (C=O) groups excluding carboxylic acids is 2.